The molecule has 8 nitrogen and oxygen atoms in total. The highest BCUT2D eigenvalue weighted by atomic mass is 32.2. The molecule has 0 amide bonds. The van der Waals surface area contributed by atoms with Crippen molar-refractivity contribution in [3.05, 3.63) is 66.2 Å². The Balaban J connectivity index is 2.32. The van der Waals surface area contributed by atoms with E-state index in [1.807, 2.05) is 31.2 Å². The lowest BCUT2D eigenvalue weighted by atomic mass is 10.2. The third kappa shape index (κ3) is 5.11. The van der Waals surface area contributed by atoms with Gasteiger partial charge in [0, 0.05) is 0 Å². The minimum atomic E-state index is -4.59. The highest BCUT2D eigenvalue weighted by Crippen LogP contribution is 2.37. The van der Waals surface area contributed by atoms with E-state index >= 15 is 0 Å². The zero-order valence-corrected chi connectivity index (χ0v) is 19.9. The predicted octanol–water partition coefficient (Wildman–Crippen LogP) is 2.26. The molecule has 0 saturated heterocycles. The van der Waals surface area contributed by atoms with Crippen LogP contribution in [0.4, 0.5) is 0 Å². The van der Waals surface area contributed by atoms with Crippen LogP contribution >= 0.6 is 7.92 Å². The summed E-state index contributed by atoms with van der Waals surface area (Å²) >= 11 is 0. The molecule has 0 saturated carbocycles. The lowest BCUT2D eigenvalue weighted by Gasteiger charge is -2.21. The molecule has 0 aliphatic rings. The van der Waals surface area contributed by atoms with Crippen LogP contribution in [-0.4, -0.2) is 40.2 Å². The summed E-state index contributed by atoms with van der Waals surface area (Å²) < 4.78 is 77.2. The van der Waals surface area contributed by atoms with Gasteiger partial charge in [-0.2, -0.15) is 16.8 Å². The molecule has 3 aromatic carbocycles. The number of rotatable bonds is 7. The first-order valence-corrected chi connectivity index (χ1v) is 13.4. The molecule has 0 heterocycles. The van der Waals surface area contributed by atoms with Gasteiger partial charge in [-0.1, -0.05) is 42.0 Å². The van der Waals surface area contributed by atoms with Crippen molar-refractivity contribution in [1.29, 1.82) is 0 Å². The highest BCUT2D eigenvalue weighted by molar-refractivity contribution is 7.86. The maximum atomic E-state index is 11.9. The van der Waals surface area contributed by atoms with E-state index in [4.69, 9.17) is 9.47 Å². The van der Waals surface area contributed by atoms with Gasteiger partial charge in [-0.05, 0) is 55.0 Å². The number of benzene rings is 3. The number of ether oxygens (including phenoxy) is 2. The van der Waals surface area contributed by atoms with Gasteiger partial charge in [0.25, 0.3) is 20.2 Å². The van der Waals surface area contributed by atoms with E-state index in [2.05, 4.69) is 0 Å². The molecule has 0 bridgehead atoms. The normalized spacial score (nSPS) is 12.1. The maximum Gasteiger partial charge on any atom is 0.298 e. The number of hydrogen-bond donors (Lipinski definition) is 2. The second-order valence-electron chi connectivity index (χ2n) is 6.79. The molecule has 0 aromatic heterocycles. The lowest BCUT2D eigenvalue weighted by molar-refractivity contribution is 0.397. The Labute approximate surface area is 188 Å². The van der Waals surface area contributed by atoms with Gasteiger partial charge in [-0.25, -0.2) is 0 Å². The fraction of sp³-hybridized carbons (Fsp3) is 0.143. The minimum absolute atomic E-state index is 0.0246. The number of methoxy groups -OCH3 is 2. The average molecular weight is 496 g/mol. The summed E-state index contributed by atoms with van der Waals surface area (Å²) in [4.78, 5) is -0.804. The number of hydrogen-bond acceptors (Lipinski definition) is 6. The standard InChI is InChI=1S/C21H21O8PS2/c1-14-4-6-15(7-5-14)30(16-8-10-18(28-2)20(12-16)31(22,23)24)17-9-11-19(29-3)21(13-17)32(25,26)27/h4-13H,1-3H3,(H,22,23,24)(H,25,26,27). The Morgan fingerprint density at radius 3 is 1.38 bits per heavy atom. The first-order valence-electron chi connectivity index (χ1n) is 9.13. The molecule has 0 radical (unpaired) electrons. The zero-order valence-electron chi connectivity index (χ0n) is 17.4. The Morgan fingerprint density at radius 1 is 0.656 bits per heavy atom. The molecule has 0 atom stereocenters. The van der Waals surface area contributed by atoms with Crippen molar-refractivity contribution in [3.63, 3.8) is 0 Å². The van der Waals surface area contributed by atoms with Crippen molar-refractivity contribution in [3.8, 4) is 11.5 Å². The van der Waals surface area contributed by atoms with Crippen molar-refractivity contribution < 1.29 is 35.4 Å². The largest absolute Gasteiger partial charge is 0.495 e. The Kier molecular flexibility index (Phi) is 6.92. The molecule has 11 heteroatoms. The summed E-state index contributed by atoms with van der Waals surface area (Å²) in [5, 5.41) is 1.83. The van der Waals surface area contributed by atoms with E-state index in [-0.39, 0.29) is 11.5 Å². The first kappa shape index (κ1) is 24.2. The summed E-state index contributed by atoms with van der Waals surface area (Å²) in [6.45, 7) is 1.92. The van der Waals surface area contributed by atoms with Crippen LogP contribution in [0.2, 0.25) is 0 Å². The lowest BCUT2D eigenvalue weighted by Crippen LogP contribution is -2.22. The first-order chi connectivity index (χ1) is 15.0. The van der Waals surface area contributed by atoms with Crippen molar-refractivity contribution in [2.75, 3.05) is 14.2 Å². The molecule has 0 aliphatic carbocycles. The molecule has 32 heavy (non-hydrogen) atoms. The summed E-state index contributed by atoms with van der Waals surface area (Å²) in [6.07, 6.45) is 0. The molecule has 2 N–H and O–H groups in total. The average Bonchev–Trinajstić information content (AvgIpc) is 2.74. The molecule has 3 rings (SSSR count). The topological polar surface area (TPSA) is 127 Å². The molecule has 0 aliphatic heterocycles. The van der Waals surface area contributed by atoms with E-state index in [0.717, 1.165) is 10.9 Å². The van der Waals surface area contributed by atoms with Gasteiger partial charge in [0.15, 0.2) is 0 Å². The highest BCUT2D eigenvalue weighted by Gasteiger charge is 2.25. The zero-order chi connectivity index (χ0) is 23.7. The summed E-state index contributed by atoms with van der Waals surface area (Å²) in [6, 6.07) is 16.2. The van der Waals surface area contributed by atoms with Gasteiger partial charge in [-0.3, -0.25) is 9.11 Å². The van der Waals surface area contributed by atoms with Crippen molar-refractivity contribution in [1.82, 2.24) is 0 Å². The summed E-state index contributed by atoms with van der Waals surface area (Å²) in [7, 11) is -8.08. The molecular formula is C21H21O8PS2. The van der Waals surface area contributed by atoms with E-state index in [0.29, 0.717) is 10.6 Å². The molecule has 170 valence electrons. The Morgan fingerprint density at radius 2 is 1.03 bits per heavy atom. The quantitative estimate of drug-likeness (QED) is 0.377. The summed E-state index contributed by atoms with van der Waals surface area (Å²) in [5.74, 6) is -0.0491. The number of aryl methyl sites for hydroxylation is 1. The molecule has 3 aromatic rings. The second-order valence-corrected chi connectivity index (χ2v) is 11.8. The van der Waals surface area contributed by atoms with Crippen LogP contribution in [0, 0.1) is 6.92 Å². The van der Waals surface area contributed by atoms with E-state index in [1.54, 1.807) is 12.1 Å². The van der Waals surface area contributed by atoms with Gasteiger partial charge in [0.1, 0.15) is 21.3 Å². The van der Waals surface area contributed by atoms with Gasteiger partial charge in [0.05, 0.1) is 14.2 Å². The van der Waals surface area contributed by atoms with E-state index in [1.165, 1.54) is 38.5 Å². The van der Waals surface area contributed by atoms with Crippen LogP contribution in [0.15, 0.2) is 70.5 Å². The van der Waals surface area contributed by atoms with Crippen LogP contribution in [-0.2, 0) is 20.2 Å². The Bertz CT molecular complexity index is 1270. The van der Waals surface area contributed by atoms with Gasteiger partial charge >= 0.3 is 0 Å². The monoisotopic (exact) mass is 496 g/mol. The van der Waals surface area contributed by atoms with Crippen LogP contribution in [0.1, 0.15) is 5.56 Å². The van der Waals surface area contributed by atoms with Gasteiger partial charge < -0.3 is 9.47 Å². The minimum Gasteiger partial charge on any atom is -0.495 e. The van der Waals surface area contributed by atoms with Gasteiger partial charge in [0.2, 0.25) is 0 Å². The third-order valence-electron chi connectivity index (χ3n) is 4.66. The van der Waals surface area contributed by atoms with Crippen LogP contribution in [0.25, 0.3) is 0 Å². The maximum absolute atomic E-state index is 11.9. The van der Waals surface area contributed by atoms with Crippen LogP contribution < -0.4 is 25.4 Å². The third-order valence-corrected chi connectivity index (χ3v) is 8.81. The van der Waals surface area contributed by atoms with Crippen molar-refractivity contribution >= 4 is 44.1 Å². The van der Waals surface area contributed by atoms with Crippen LogP contribution in [0.5, 0.6) is 11.5 Å². The Hall–Kier alpha value is -2.49. The fourth-order valence-electron chi connectivity index (χ4n) is 3.15. The SMILES string of the molecule is COc1ccc(P(c2ccc(C)cc2)c2ccc(OC)c(S(=O)(=O)O)c2)cc1S(=O)(=O)O. The smallest absolute Gasteiger partial charge is 0.298 e. The van der Waals surface area contributed by atoms with Crippen LogP contribution in [0.3, 0.4) is 0 Å². The molecule has 0 spiro atoms. The van der Waals surface area contributed by atoms with E-state index < -0.39 is 37.9 Å². The molecule has 0 unspecified atom stereocenters. The molecular weight excluding hydrogens is 475 g/mol. The fourth-order valence-corrected chi connectivity index (χ4v) is 7.00. The van der Waals surface area contributed by atoms with Gasteiger partial charge in [-0.15, -0.1) is 0 Å². The van der Waals surface area contributed by atoms with E-state index in [9.17, 15) is 25.9 Å². The van der Waals surface area contributed by atoms with Crippen molar-refractivity contribution in [2.45, 2.75) is 16.7 Å². The van der Waals surface area contributed by atoms with Crippen molar-refractivity contribution in [2.24, 2.45) is 0 Å². The summed E-state index contributed by atoms with van der Waals surface area (Å²) in [5.41, 5.74) is 1.01. The predicted molar refractivity (Wildman–Crippen MR) is 123 cm³/mol. The molecule has 0 fully saturated rings. The second kappa shape index (κ2) is 9.17.